The molecule has 0 saturated heterocycles. The molecule has 1 aromatic rings. The lowest BCUT2D eigenvalue weighted by Crippen LogP contribution is -2.32. The first kappa shape index (κ1) is 16.5. The summed E-state index contributed by atoms with van der Waals surface area (Å²) in [5, 5.41) is 4.30. The Bertz CT molecular complexity index is 368. The van der Waals surface area contributed by atoms with E-state index in [0.717, 1.165) is 24.7 Å². The van der Waals surface area contributed by atoms with Crippen molar-refractivity contribution in [2.24, 2.45) is 5.92 Å². The Labute approximate surface area is 123 Å². The van der Waals surface area contributed by atoms with E-state index in [4.69, 9.17) is 11.6 Å². The van der Waals surface area contributed by atoms with Gasteiger partial charge in [0, 0.05) is 17.6 Å². The van der Waals surface area contributed by atoms with Gasteiger partial charge in [-0.25, -0.2) is 0 Å². The van der Waals surface area contributed by atoms with Crippen molar-refractivity contribution in [3.8, 4) is 0 Å². The van der Waals surface area contributed by atoms with E-state index in [9.17, 15) is 0 Å². The molecular formula is C16H27ClN2. The van der Waals surface area contributed by atoms with Crippen molar-refractivity contribution in [3.63, 3.8) is 0 Å². The molecule has 3 heteroatoms. The molecule has 1 rings (SSSR count). The molecule has 0 bridgehead atoms. The molecular weight excluding hydrogens is 256 g/mol. The molecule has 0 radical (unpaired) electrons. The fraction of sp³-hybridized carbons (Fsp3) is 0.625. The highest BCUT2D eigenvalue weighted by atomic mass is 35.5. The number of hydrogen-bond acceptors (Lipinski definition) is 2. The van der Waals surface area contributed by atoms with Crippen LogP contribution < -0.4 is 5.32 Å². The third kappa shape index (κ3) is 5.94. The number of halogens is 1. The summed E-state index contributed by atoms with van der Waals surface area (Å²) in [6, 6.07) is 8.55. The van der Waals surface area contributed by atoms with E-state index in [-0.39, 0.29) is 0 Å². The van der Waals surface area contributed by atoms with Crippen LogP contribution in [0.1, 0.15) is 38.8 Å². The van der Waals surface area contributed by atoms with Crippen molar-refractivity contribution in [2.75, 3.05) is 26.7 Å². The molecule has 19 heavy (non-hydrogen) atoms. The van der Waals surface area contributed by atoms with Crippen LogP contribution in [0, 0.1) is 5.92 Å². The molecule has 108 valence electrons. The van der Waals surface area contributed by atoms with Crippen LogP contribution in [0.25, 0.3) is 0 Å². The summed E-state index contributed by atoms with van der Waals surface area (Å²) in [4.78, 5) is 2.39. The summed E-state index contributed by atoms with van der Waals surface area (Å²) in [6.07, 6.45) is 1.20. The van der Waals surface area contributed by atoms with Crippen LogP contribution in [-0.2, 0) is 0 Å². The average molecular weight is 283 g/mol. The molecule has 0 heterocycles. The van der Waals surface area contributed by atoms with Crippen molar-refractivity contribution >= 4 is 11.6 Å². The Balaban J connectivity index is 2.46. The van der Waals surface area contributed by atoms with E-state index in [1.165, 1.54) is 12.0 Å². The third-order valence-electron chi connectivity index (χ3n) is 3.51. The van der Waals surface area contributed by atoms with E-state index < -0.39 is 0 Å². The highest BCUT2D eigenvalue weighted by Gasteiger charge is 2.14. The molecule has 0 amide bonds. The van der Waals surface area contributed by atoms with Gasteiger partial charge in [-0.2, -0.15) is 0 Å². The SMILES string of the molecule is CCCNCC(C)CN(C)C(C)c1cccc(Cl)c1. The Morgan fingerprint density at radius 3 is 2.68 bits per heavy atom. The molecule has 1 aromatic carbocycles. The van der Waals surface area contributed by atoms with E-state index in [2.05, 4.69) is 50.2 Å². The number of hydrogen-bond donors (Lipinski definition) is 1. The molecule has 0 aliphatic heterocycles. The predicted octanol–water partition coefficient (Wildman–Crippen LogP) is 3.97. The summed E-state index contributed by atoms with van der Waals surface area (Å²) in [5.41, 5.74) is 1.28. The second-order valence-corrected chi connectivity index (χ2v) is 5.92. The monoisotopic (exact) mass is 282 g/mol. The molecule has 0 aliphatic rings. The van der Waals surface area contributed by atoms with Crippen LogP contribution in [-0.4, -0.2) is 31.6 Å². The van der Waals surface area contributed by atoms with Gasteiger partial charge < -0.3 is 5.32 Å². The molecule has 2 atom stereocenters. The first-order chi connectivity index (χ1) is 9.04. The van der Waals surface area contributed by atoms with Crippen molar-refractivity contribution in [2.45, 2.75) is 33.2 Å². The Hall–Kier alpha value is -0.570. The lowest BCUT2D eigenvalue weighted by Gasteiger charge is -2.28. The summed E-state index contributed by atoms with van der Waals surface area (Å²) in [6.45, 7) is 10.0. The minimum absolute atomic E-state index is 0.396. The maximum atomic E-state index is 6.06. The highest BCUT2D eigenvalue weighted by Crippen LogP contribution is 2.22. The van der Waals surface area contributed by atoms with Crippen molar-refractivity contribution in [3.05, 3.63) is 34.9 Å². The number of benzene rings is 1. The van der Waals surface area contributed by atoms with Gasteiger partial charge in [0.2, 0.25) is 0 Å². The second kappa shape index (κ2) is 8.57. The van der Waals surface area contributed by atoms with Gasteiger partial charge in [0.25, 0.3) is 0 Å². The quantitative estimate of drug-likeness (QED) is 0.726. The number of nitrogens with zero attached hydrogens (tertiary/aromatic N) is 1. The summed E-state index contributed by atoms with van der Waals surface area (Å²) >= 11 is 6.06. The normalized spacial score (nSPS) is 14.6. The molecule has 0 spiro atoms. The minimum atomic E-state index is 0.396. The lowest BCUT2D eigenvalue weighted by molar-refractivity contribution is 0.224. The van der Waals surface area contributed by atoms with Gasteiger partial charge in [-0.05, 0) is 57.1 Å². The average Bonchev–Trinajstić information content (AvgIpc) is 2.38. The molecule has 0 fully saturated rings. The van der Waals surface area contributed by atoms with Gasteiger partial charge >= 0.3 is 0 Å². The predicted molar refractivity (Wildman–Crippen MR) is 84.8 cm³/mol. The van der Waals surface area contributed by atoms with Gasteiger partial charge in [-0.3, -0.25) is 4.90 Å². The van der Waals surface area contributed by atoms with Gasteiger partial charge in [0.1, 0.15) is 0 Å². The Morgan fingerprint density at radius 1 is 1.32 bits per heavy atom. The number of rotatable bonds is 8. The number of nitrogens with one attached hydrogen (secondary N) is 1. The van der Waals surface area contributed by atoms with Crippen molar-refractivity contribution < 1.29 is 0 Å². The maximum Gasteiger partial charge on any atom is 0.0409 e. The van der Waals surface area contributed by atoms with Gasteiger partial charge in [0.05, 0.1) is 0 Å². The molecule has 2 nitrogen and oxygen atoms in total. The van der Waals surface area contributed by atoms with Crippen LogP contribution in [0.2, 0.25) is 5.02 Å². The smallest absolute Gasteiger partial charge is 0.0409 e. The van der Waals surface area contributed by atoms with E-state index >= 15 is 0 Å². The third-order valence-corrected chi connectivity index (χ3v) is 3.75. The Morgan fingerprint density at radius 2 is 2.05 bits per heavy atom. The van der Waals surface area contributed by atoms with Crippen molar-refractivity contribution in [1.29, 1.82) is 0 Å². The van der Waals surface area contributed by atoms with Crippen LogP contribution in [0.3, 0.4) is 0 Å². The van der Waals surface area contributed by atoms with Gasteiger partial charge in [0.15, 0.2) is 0 Å². The van der Waals surface area contributed by atoms with Crippen LogP contribution >= 0.6 is 11.6 Å². The Kier molecular flexibility index (Phi) is 7.44. The largest absolute Gasteiger partial charge is 0.316 e. The highest BCUT2D eigenvalue weighted by molar-refractivity contribution is 6.30. The van der Waals surface area contributed by atoms with E-state index in [0.29, 0.717) is 12.0 Å². The molecule has 0 aromatic heterocycles. The first-order valence-corrected chi connectivity index (χ1v) is 7.58. The van der Waals surface area contributed by atoms with Crippen molar-refractivity contribution in [1.82, 2.24) is 10.2 Å². The topological polar surface area (TPSA) is 15.3 Å². The maximum absolute atomic E-state index is 6.06. The zero-order valence-electron chi connectivity index (χ0n) is 12.6. The summed E-state index contributed by atoms with van der Waals surface area (Å²) in [5.74, 6) is 0.651. The summed E-state index contributed by atoms with van der Waals surface area (Å²) in [7, 11) is 2.18. The molecule has 0 saturated carbocycles. The lowest BCUT2D eigenvalue weighted by atomic mass is 10.1. The first-order valence-electron chi connectivity index (χ1n) is 7.21. The molecule has 0 aliphatic carbocycles. The summed E-state index contributed by atoms with van der Waals surface area (Å²) < 4.78 is 0. The van der Waals surface area contributed by atoms with Crippen LogP contribution in [0.5, 0.6) is 0 Å². The van der Waals surface area contributed by atoms with Gasteiger partial charge in [-0.1, -0.05) is 37.6 Å². The van der Waals surface area contributed by atoms with Crippen LogP contribution in [0.4, 0.5) is 0 Å². The van der Waals surface area contributed by atoms with Gasteiger partial charge in [-0.15, -0.1) is 0 Å². The molecule has 1 N–H and O–H groups in total. The minimum Gasteiger partial charge on any atom is -0.316 e. The van der Waals surface area contributed by atoms with Crippen LogP contribution in [0.15, 0.2) is 24.3 Å². The van der Waals surface area contributed by atoms with E-state index in [1.54, 1.807) is 0 Å². The zero-order chi connectivity index (χ0) is 14.3. The van der Waals surface area contributed by atoms with E-state index in [1.807, 2.05) is 12.1 Å². The molecule has 2 unspecified atom stereocenters. The fourth-order valence-electron chi connectivity index (χ4n) is 2.26. The standard InChI is InChI=1S/C16H27ClN2/c1-5-9-18-11-13(2)12-19(4)14(3)15-7-6-8-16(17)10-15/h6-8,10,13-14,18H,5,9,11-12H2,1-4H3. The zero-order valence-corrected chi connectivity index (χ0v) is 13.4. The second-order valence-electron chi connectivity index (χ2n) is 5.48. The fourth-order valence-corrected chi connectivity index (χ4v) is 2.46.